The van der Waals surface area contributed by atoms with Gasteiger partial charge in [0.25, 0.3) is 5.91 Å². The van der Waals surface area contributed by atoms with Crippen LogP contribution >= 0.6 is 11.3 Å². The molecule has 0 radical (unpaired) electrons. The molecule has 1 aromatic heterocycles. The number of fused-ring (bicyclic) bond motifs is 1. The molecule has 0 aliphatic carbocycles. The molecule has 0 unspecified atom stereocenters. The lowest BCUT2D eigenvalue weighted by atomic mass is 9.86. The Bertz CT molecular complexity index is 1260. The SMILES string of the molecule is CC(C)CCc1cc2c(OCc3ccc(C(F)(F)F)cc3)c(C(=O)N[C@H](C(=O)O)C(C)(C)C)ccc2s1. The van der Waals surface area contributed by atoms with Crippen LogP contribution in [0.25, 0.3) is 10.1 Å². The minimum Gasteiger partial charge on any atom is -0.487 e. The van der Waals surface area contributed by atoms with Crippen molar-refractivity contribution in [2.75, 3.05) is 0 Å². The Balaban J connectivity index is 1.98. The van der Waals surface area contributed by atoms with E-state index >= 15 is 0 Å². The molecule has 3 rings (SSSR count). The molecule has 2 N–H and O–H groups in total. The van der Waals surface area contributed by atoms with Gasteiger partial charge in [-0.25, -0.2) is 4.79 Å². The normalized spacial score (nSPS) is 13.1. The number of benzene rings is 2. The standard InChI is InChI=1S/C28H32F3NO4S/c1-16(2)6-11-19-14-21-22(37-19)13-12-20(25(33)32-24(26(34)35)27(3,4)5)23(21)36-15-17-7-9-18(10-8-17)28(29,30)31/h7-10,12-14,16,24H,6,11,15H2,1-5H3,(H,32,33)(H,34,35)/t24-/m1/s1. The minimum absolute atomic E-state index is 0.0592. The number of halogens is 3. The summed E-state index contributed by atoms with van der Waals surface area (Å²) in [7, 11) is 0. The van der Waals surface area contributed by atoms with E-state index in [1.165, 1.54) is 12.1 Å². The number of carboxylic acid groups (broad SMARTS) is 1. The molecule has 200 valence electrons. The van der Waals surface area contributed by atoms with Gasteiger partial charge in [0.15, 0.2) is 0 Å². The van der Waals surface area contributed by atoms with E-state index in [4.69, 9.17) is 4.74 Å². The molecule has 0 saturated carbocycles. The highest BCUT2D eigenvalue weighted by molar-refractivity contribution is 7.19. The van der Waals surface area contributed by atoms with E-state index in [1.54, 1.807) is 38.2 Å². The van der Waals surface area contributed by atoms with Crippen molar-refractivity contribution in [3.05, 3.63) is 64.0 Å². The van der Waals surface area contributed by atoms with Crippen molar-refractivity contribution in [2.24, 2.45) is 11.3 Å². The van der Waals surface area contributed by atoms with Crippen LogP contribution in [0, 0.1) is 11.3 Å². The number of hydrogen-bond acceptors (Lipinski definition) is 4. The molecule has 5 nitrogen and oxygen atoms in total. The molecule has 0 aliphatic rings. The number of thiophene rings is 1. The molecule has 1 atom stereocenters. The van der Waals surface area contributed by atoms with Gasteiger partial charge in [-0.2, -0.15) is 13.2 Å². The molecule has 9 heteroatoms. The largest absolute Gasteiger partial charge is 0.487 e. The van der Waals surface area contributed by atoms with Crippen LogP contribution in [-0.2, 0) is 24.0 Å². The topological polar surface area (TPSA) is 75.6 Å². The number of carboxylic acids is 1. The summed E-state index contributed by atoms with van der Waals surface area (Å²) < 4.78 is 45.8. The summed E-state index contributed by atoms with van der Waals surface area (Å²) in [6, 6.07) is 8.90. The third-order valence-electron chi connectivity index (χ3n) is 5.97. The maximum atomic E-state index is 13.3. The van der Waals surface area contributed by atoms with E-state index in [0.717, 1.165) is 34.6 Å². The Hall–Kier alpha value is -3.07. The summed E-state index contributed by atoms with van der Waals surface area (Å²) in [5.41, 5.74) is -0.819. The first-order valence-electron chi connectivity index (χ1n) is 12.0. The van der Waals surface area contributed by atoms with Crippen molar-refractivity contribution >= 4 is 33.3 Å². The summed E-state index contributed by atoms with van der Waals surface area (Å²) in [5.74, 6) is -0.950. The fraction of sp³-hybridized carbons (Fsp3) is 0.429. The van der Waals surface area contributed by atoms with E-state index in [-0.39, 0.29) is 17.9 Å². The Morgan fingerprint density at radius 3 is 2.24 bits per heavy atom. The average molecular weight is 536 g/mol. The molecule has 0 aliphatic heterocycles. The van der Waals surface area contributed by atoms with E-state index in [9.17, 15) is 27.9 Å². The quantitative estimate of drug-likeness (QED) is 0.301. The minimum atomic E-state index is -4.44. The lowest BCUT2D eigenvalue weighted by Crippen LogP contribution is -2.49. The van der Waals surface area contributed by atoms with Crippen LogP contribution in [0.3, 0.4) is 0 Å². The smallest absolute Gasteiger partial charge is 0.416 e. The Morgan fingerprint density at radius 1 is 1.05 bits per heavy atom. The second-order valence-corrected chi connectivity index (χ2v) is 11.8. The molecule has 0 saturated heterocycles. The lowest BCUT2D eigenvalue weighted by Gasteiger charge is -2.28. The lowest BCUT2D eigenvalue weighted by molar-refractivity contribution is -0.142. The average Bonchev–Trinajstić information content (AvgIpc) is 3.21. The summed E-state index contributed by atoms with van der Waals surface area (Å²) in [4.78, 5) is 26.2. The molecule has 0 fully saturated rings. The maximum Gasteiger partial charge on any atom is 0.416 e. The van der Waals surface area contributed by atoms with Gasteiger partial charge in [0.1, 0.15) is 18.4 Å². The number of alkyl halides is 3. The summed E-state index contributed by atoms with van der Waals surface area (Å²) in [5, 5.41) is 13.0. The van der Waals surface area contributed by atoms with Gasteiger partial charge in [-0.15, -0.1) is 11.3 Å². The fourth-order valence-electron chi connectivity index (χ4n) is 3.83. The van der Waals surface area contributed by atoms with Gasteiger partial charge in [-0.1, -0.05) is 46.8 Å². The first-order valence-corrected chi connectivity index (χ1v) is 12.9. The molecule has 3 aromatic rings. The third-order valence-corrected chi connectivity index (χ3v) is 7.13. The van der Waals surface area contributed by atoms with E-state index in [1.807, 2.05) is 12.1 Å². The number of amides is 1. The molecule has 2 aromatic carbocycles. The highest BCUT2D eigenvalue weighted by atomic mass is 32.1. The summed E-state index contributed by atoms with van der Waals surface area (Å²) >= 11 is 1.59. The van der Waals surface area contributed by atoms with Crippen LogP contribution in [0.2, 0.25) is 0 Å². The molecule has 1 amide bonds. The van der Waals surface area contributed by atoms with Crippen molar-refractivity contribution in [1.82, 2.24) is 5.32 Å². The van der Waals surface area contributed by atoms with Gasteiger partial charge < -0.3 is 15.2 Å². The number of carbonyl (C=O) groups is 2. The van der Waals surface area contributed by atoms with Gasteiger partial charge in [0.05, 0.1) is 11.1 Å². The van der Waals surface area contributed by atoms with Crippen molar-refractivity contribution in [3.8, 4) is 5.75 Å². The van der Waals surface area contributed by atoms with E-state index < -0.39 is 35.1 Å². The number of nitrogens with one attached hydrogen (secondary N) is 1. The molecular weight excluding hydrogens is 503 g/mol. The summed E-state index contributed by atoms with van der Waals surface area (Å²) in [6.45, 7) is 9.38. The van der Waals surface area contributed by atoms with Crippen molar-refractivity contribution in [3.63, 3.8) is 0 Å². The molecule has 0 spiro atoms. The predicted molar refractivity (Wildman–Crippen MR) is 139 cm³/mol. The van der Waals surface area contributed by atoms with Gasteiger partial charge in [0, 0.05) is 15.0 Å². The molecular formula is C28H32F3NO4S. The van der Waals surface area contributed by atoms with Gasteiger partial charge in [-0.05, 0) is 60.1 Å². The number of carbonyl (C=O) groups excluding carboxylic acids is 1. The highest BCUT2D eigenvalue weighted by Crippen LogP contribution is 2.37. The van der Waals surface area contributed by atoms with Crippen molar-refractivity contribution in [1.29, 1.82) is 0 Å². The number of aliphatic carboxylic acids is 1. The zero-order valence-electron chi connectivity index (χ0n) is 21.5. The van der Waals surface area contributed by atoms with Crippen LogP contribution < -0.4 is 10.1 Å². The van der Waals surface area contributed by atoms with Crippen molar-refractivity contribution < 1.29 is 32.6 Å². The molecule has 1 heterocycles. The Kier molecular flexibility index (Phi) is 8.57. The van der Waals surface area contributed by atoms with Gasteiger partial charge in [-0.3, -0.25) is 4.79 Å². The Morgan fingerprint density at radius 2 is 1.70 bits per heavy atom. The molecule has 0 bridgehead atoms. The van der Waals surface area contributed by atoms with Crippen LogP contribution in [0.4, 0.5) is 13.2 Å². The number of aryl methyl sites for hydroxylation is 1. The Labute approximate surface area is 218 Å². The first-order chi connectivity index (χ1) is 17.2. The van der Waals surface area contributed by atoms with Crippen LogP contribution in [0.5, 0.6) is 5.75 Å². The second kappa shape index (κ2) is 11.1. The zero-order chi connectivity index (χ0) is 27.5. The summed E-state index contributed by atoms with van der Waals surface area (Å²) in [6.07, 6.45) is -2.58. The van der Waals surface area contributed by atoms with Crippen molar-refractivity contribution in [2.45, 2.75) is 66.3 Å². The van der Waals surface area contributed by atoms with Crippen LogP contribution in [0.1, 0.15) is 67.4 Å². The zero-order valence-corrected chi connectivity index (χ0v) is 22.3. The van der Waals surface area contributed by atoms with Gasteiger partial charge in [0.2, 0.25) is 0 Å². The first kappa shape index (κ1) is 28.5. The third kappa shape index (κ3) is 7.25. The second-order valence-electron chi connectivity index (χ2n) is 10.6. The van der Waals surface area contributed by atoms with E-state index in [2.05, 4.69) is 19.2 Å². The van der Waals surface area contributed by atoms with Crippen LogP contribution in [-0.4, -0.2) is 23.0 Å². The number of hydrogen-bond donors (Lipinski definition) is 2. The van der Waals surface area contributed by atoms with Gasteiger partial charge >= 0.3 is 12.1 Å². The number of ether oxygens (including phenoxy) is 1. The predicted octanol–water partition coefficient (Wildman–Crippen LogP) is 7.32. The monoisotopic (exact) mass is 535 g/mol. The maximum absolute atomic E-state index is 13.3. The molecule has 37 heavy (non-hydrogen) atoms. The highest BCUT2D eigenvalue weighted by Gasteiger charge is 2.34. The van der Waals surface area contributed by atoms with E-state index in [0.29, 0.717) is 16.9 Å². The fourth-order valence-corrected chi connectivity index (χ4v) is 4.91. The number of rotatable bonds is 9. The van der Waals surface area contributed by atoms with Crippen LogP contribution in [0.15, 0.2) is 42.5 Å².